The van der Waals surface area contributed by atoms with Gasteiger partial charge in [0.25, 0.3) is 0 Å². The molecule has 208 valence electrons. The maximum atomic E-state index is 12.1. The van der Waals surface area contributed by atoms with Crippen LogP contribution in [0.4, 0.5) is 0 Å². The summed E-state index contributed by atoms with van der Waals surface area (Å²) in [6, 6.07) is 3.97. The molecule has 0 saturated carbocycles. The number of carboxylic acid groups (broad SMARTS) is 1. The SMILES string of the molecule is C=C[C@@H]1[C@H](O[C@@H]2O[C@H](CO)[C@@H](O)[C@H](O)[C@@H]2O)OC=C(C(=O)O)[C@H]1CCOC(=O)/C=C/c1ccc(O)c(O)c1. The molecule has 2 heterocycles. The fourth-order valence-electron chi connectivity index (χ4n) is 4.13. The number of carboxylic acids is 1. The van der Waals surface area contributed by atoms with Crippen LogP contribution in [0.15, 0.2) is 48.8 Å². The molecule has 1 aromatic carbocycles. The molecule has 0 amide bonds. The first kappa shape index (κ1) is 29.1. The van der Waals surface area contributed by atoms with Gasteiger partial charge >= 0.3 is 11.9 Å². The van der Waals surface area contributed by atoms with Gasteiger partial charge in [0.05, 0.1) is 25.0 Å². The molecular weight excluding hydrogens is 508 g/mol. The van der Waals surface area contributed by atoms with Crippen LogP contribution in [0.2, 0.25) is 0 Å². The van der Waals surface area contributed by atoms with E-state index in [-0.39, 0.29) is 30.1 Å². The number of benzene rings is 1. The summed E-state index contributed by atoms with van der Waals surface area (Å²) in [5.41, 5.74) is 0.285. The van der Waals surface area contributed by atoms with Crippen LogP contribution in [-0.2, 0) is 28.5 Å². The van der Waals surface area contributed by atoms with Crippen molar-refractivity contribution < 1.29 is 64.3 Å². The molecule has 2 aliphatic heterocycles. The molecule has 13 heteroatoms. The summed E-state index contributed by atoms with van der Waals surface area (Å²) in [5, 5.41) is 68.1. The third kappa shape index (κ3) is 6.69. The van der Waals surface area contributed by atoms with Gasteiger partial charge < -0.3 is 54.7 Å². The van der Waals surface area contributed by atoms with E-state index in [2.05, 4.69) is 6.58 Å². The number of hydrogen-bond acceptors (Lipinski definition) is 12. The van der Waals surface area contributed by atoms with Crippen molar-refractivity contribution in [2.75, 3.05) is 13.2 Å². The normalized spacial score (nSPS) is 31.3. The minimum Gasteiger partial charge on any atom is -0.504 e. The Kier molecular flexibility index (Phi) is 9.85. The van der Waals surface area contributed by atoms with Gasteiger partial charge in [-0.25, -0.2) is 9.59 Å². The van der Waals surface area contributed by atoms with Crippen molar-refractivity contribution in [1.29, 1.82) is 0 Å². The number of esters is 1. The molecule has 13 nitrogen and oxygen atoms in total. The number of hydrogen-bond donors (Lipinski definition) is 7. The molecule has 0 radical (unpaired) electrons. The summed E-state index contributed by atoms with van der Waals surface area (Å²) < 4.78 is 21.6. The third-order valence-electron chi connectivity index (χ3n) is 6.23. The van der Waals surface area contributed by atoms with Crippen LogP contribution in [0.3, 0.4) is 0 Å². The standard InChI is InChI=1S/C25H30O13/c1-2-13-14(7-8-35-19(29)6-4-12-3-5-16(27)17(28)9-12)15(23(33)34)11-36-24(13)38-25-22(32)21(31)20(30)18(10-26)37-25/h2-6,9,11,13-14,18,20-22,24-28,30-32H,1,7-8,10H2,(H,33,34)/b6-4+/t13-,14-,18+,20+,21-,22-,24-,25-/m0/s1. The van der Waals surface area contributed by atoms with Gasteiger partial charge in [-0.05, 0) is 30.2 Å². The van der Waals surface area contributed by atoms with Gasteiger partial charge in [-0.15, -0.1) is 6.58 Å². The lowest BCUT2D eigenvalue weighted by Gasteiger charge is -2.43. The lowest BCUT2D eigenvalue weighted by Crippen LogP contribution is -2.60. The molecule has 38 heavy (non-hydrogen) atoms. The largest absolute Gasteiger partial charge is 0.504 e. The van der Waals surface area contributed by atoms with E-state index in [4.69, 9.17) is 18.9 Å². The Morgan fingerprint density at radius 1 is 1.05 bits per heavy atom. The molecule has 7 N–H and O–H groups in total. The molecular formula is C25H30O13. The third-order valence-corrected chi connectivity index (χ3v) is 6.23. The highest BCUT2D eigenvalue weighted by Crippen LogP contribution is 2.36. The van der Waals surface area contributed by atoms with Crippen LogP contribution in [0.5, 0.6) is 11.5 Å². The predicted molar refractivity (Wildman–Crippen MR) is 127 cm³/mol. The van der Waals surface area contributed by atoms with Crippen LogP contribution in [0.25, 0.3) is 6.08 Å². The lowest BCUT2D eigenvalue weighted by molar-refractivity contribution is -0.339. The first-order valence-electron chi connectivity index (χ1n) is 11.6. The topological polar surface area (TPSA) is 213 Å². The molecule has 0 aliphatic carbocycles. The predicted octanol–water partition coefficient (Wildman–Crippen LogP) is -0.396. The summed E-state index contributed by atoms with van der Waals surface area (Å²) in [5.74, 6) is -4.33. The van der Waals surface area contributed by atoms with Crippen molar-refractivity contribution in [3.8, 4) is 11.5 Å². The average Bonchev–Trinajstić information content (AvgIpc) is 2.89. The smallest absolute Gasteiger partial charge is 0.334 e. The fraction of sp³-hybridized carbons (Fsp3) is 0.440. The quantitative estimate of drug-likeness (QED) is 0.0876. The zero-order chi connectivity index (χ0) is 28.0. The number of aliphatic hydroxyl groups is 4. The Morgan fingerprint density at radius 3 is 2.42 bits per heavy atom. The molecule has 0 bridgehead atoms. The van der Waals surface area contributed by atoms with Crippen molar-refractivity contribution in [3.05, 3.63) is 54.3 Å². The van der Waals surface area contributed by atoms with Crippen LogP contribution >= 0.6 is 0 Å². The van der Waals surface area contributed by atoms with Gasteiger partial charge in [0, 0.05) is 17.9 Å². The Morgan fingerprint density at radius 2 is 1.79 bits per heavy atom. The average molecular weight is 539 g/mol. The molecule has 1 saturated heterocycles. The summed E-state index contributed by atoms with van der Waals surface area (Å²) >= 11 is 0. The van der Waals surface area contributed by atoms with Crippen molar-refractivity contribution in [2.45, 2.75) is 43.4 Å². The summed E-state index contributed by atoms with van der Waals surface area (Å²) in [6.07, 6.45) is -4.16. The van der Waals surface area contributed by atoms with Crippen molar-refractivity contribution in [2.24, 2.45) is 11.8 Å². The van der Waals surface area contributed by atoms with E-state index < -0.39 is 67.4 Å². The summed E-state index contributed by atoms with van der Waals surface area (Å²) in [7, 11) is 0. The first-order valence-corrected chi connectivity index (χ1v) is 11.6. The highest BCUT2D eigenvalue weighted by atomic mass is 16.8. The van der Waals surface area contributed by atoms with Gasteiger partial charge in [-0.1, -0.05) is 12.1 Å². The van der Waals surface area contributed by atoms with E-state index in [1.54, 1.807) is 0 Å². The maximum Gasteiger partial charge on any atom is 0.334 e. The fourth-order valence-corrected chi connectivity index (χ4v) is 4.13. The van der Waals surface area contributed by atoms with Crippen molar-refractivity contribution in [3.63, 3.8) is 0 Å². The highest BCUT2D eigenvalue weighted by molar-refractivity contribution is 5.88. The number of phenolic OH excluding ortho intramolecular Hbond substituents is 2. The summed E-state index contributed by atoms with van der Waals surface area (Å²) in [4.78, 5) is 23.9. The molecule has 1 fully saturated rings. The van der Waals surface area contributed by atoms with Gasteiger partial charge in [0.2, 0.25) is 6.29 Å². The second-order valence-corrected chi connectivity index (χ2v) is 8.67. The molecule has 3 rings (SSSR count). The number of phenols is 2. The number of aromatic hydroxyl groups is 2. The van der Waals surface area contributed by atoms with Crippen molar-refractivity contribution in [1.82, 2.24) is 0 Å². The number of carbonyl (C=O) groups is 2. The molecule has 1 aromatic rings. The zero-order valence-electron chi connectivity index (χ0n) is 20.1. The minimum absolute atomic E-state index is 0.0201. The van der Waals surface area contributed by atoms with Gasteiger partial charge in [-0.2, -0.15) is 0 Å². The second kappa shape index (κ2) is 12.9. The number of aliphatic carboxylic acids is 1. The van der Waals surface area contributed by atoms with E-state index >= 15 is 0 Å². The van der Waals surface area contributed by atoms with E-state index in [1.807, 2.05) is 0 Å². The monoisotopic (exact) mass is 538 g/mol. The van der Waals surface area contributed by atoms with E-state index in [0.717, 1.165) is 12.3 Å². The van der Waals surface area contributed by atoms with E-state index in [9.17, 15) is 45.3 Å². The number of aliphatic hydroxyl groups excluding tert-OH is 4. The van der Waals surface area contributed by atoms with Crippen LogP contribution in [0, 0.1) is 11.8 Å². The Hall–Kier alpha value is -3.46. The zero-order valence-corrected chi connectivity index (χ0v) is 20.1. The Balaban J connectivity index is 1.65. The number of rotatable bonds is 10. The molecule has 8 atom stereocenters. The van der Waals surface area contributed by atoms with Crippen LogP contribution in [0.1, 0.15) is 12.0 Å². The van der Waals surface area contributed by atoms with Gasteiger partial charge in [0.1, 0.15) is 24.4 Å². The van der Waals surface area contributed by atoms with Crippen LogP contribution < -0.4 is 0 Å². The molecule has 0 spiro atoms. The molecule has 0 unspecified atom stereocenters. The maximum absolute atomic E-state index is 12.1. The van der Waals surface area contributed by atoms with Crippen LogP contribution in [-0.4, -0.2) is 97.9 Å². The highest BCUT2D eigenvalue weighted by Gasteiger charge is 2.47. The van der Waals surface area contributed by atoms with E-state index in [1.165, 1.54) is 30.4 Å². The lowest BCUT2D eigenvalue weighted by atomic mass is 9.82. The first-order chi connectivity index (χ1) is 18.1. The molecule has 0 aromatic heterocycles. The second-order valence-electron chi connectivity index (χ2n) is 8.67. The minimum atomic E-state index is -1.70. The Labute approximate surface area is 217 Å². The van der Waals surface area contributed by atoms with E-state index in [0.29, 0.717) is 5.56 Å². The van der Waals surface area contributed by atoms with Gasteiger partial charge in [0.15, 0.2) is 17.8 Å². The summed E-state index contributed by atoms with van der Waals surface area (Å²) in [6.45, 7) is 2.83. The number of carbonyl (C=O) groups excluding carboxylic acids is 1. The van der Waals surface area contributed by atoms with Crippen molar-refractivity contribution >= 4 is 18.0 Å². The Bertz CT molecular complexity index is 1070. The van der Waals surface area contributed by atoms with Gasteiger partial charge in [-0.3, -0.25) is 0 Å². The molecule has 2 aliphatic rings. The number of ether oxygens (including phenoxy) is 4.